The van der Waals surface area contributed by atoms with Crippen LogP contribution in [-0.2, 0) is 43.2 Å². The van der Waals surface area contributed by atoms with E-state index in [2.05, 4.69) is 30.9 Å². The zero-order valence-corrected chi connectivity index (χ0v) is 28.0. The molecule has 3 heterocycles. The Morgan fingerprint density at radius 2 is 0.923 bits per heavy atom. The minimum Gasteiger partial charge on any atom is -0.481 e. The van der Waals surface area contributed by atoms with Crippen LogP contribution in [0.25, 0.3) is 32.7 Å². The van der Waals surface area contributed by atoms with Gasteiger partial charge in [-0.05, 0) is 41.3 Å². The van der Waals surface area contributed by atoms with Crippen molar-refractivity contribution in [3.05, 3.63) is 108 Å². The highest BCUT2D eigenvalue weighted by Gasteiger charge is 2.32. The average molecular weight is 706 g/mol. The Labute approximate surface area is 297 Å². The fraction of sp³-hybridized carbons (Fsp3) is 0.237. The van der Waals surface area contributed by atoms with Crippen LogP contribution in [0.15, 0.2) is 91.4 Å². The van der Waals surface area contributed by atoms with E-state index in [0.29, 0.717) is 16.7 Å². The number of para-hydroxylation sites is 3. The summed E-state index contributed by atoms with van der Waals surface area (Å²) in [6, 6.07) is 17.2. The van der Waals surface area contributed by atoms with Crippen LogP contribution < -0.4 is 21.7 Å². The Hall–Kier alpha value is -6.41. The van der Waals surface area contributed by atoms with Crippen LogP contribution >= 0.6 is 0 Å². The van der Waals surface area contributed by atoms with Crippen molar-refractivity contribution in [3.8, 4) is 0 Å². The van der Waals surface area contributed by atoms with E-state index in [1.165, 1.54) is 0 Å². The van der Waals surface area contributed by atoms with Crippen molar-refractivity contribution in [1.29, 1.82) is 0 Å². The Morgan fingerprint density at radius 1 is 0.558 bits per heavy atom. The zero-order chi connectivity index (χ0) is 36.8. The van der Waals surface area contributed by atoms with E-state index in [1.54, 1.807) is 18.6 Å². The number of hydrogen-bond donors (Lipinski definition) is 9. The number of nitrogens with one attached hydrogen (secondary N) is 6. The molecule has 6 aromatic rings. The lowest BCUT2D eigenvalue weighted by Crippen LogP contribution is -2.58. The fourth-order valence-corrected chi connectivity index (χ4v) is 6.41. The maximum atomic E-state index is 14.2. The van der Waals surface area contributed by atoms with Gasteiger partial charge in [0.2, 0.25) is 17.7 Å². The highest BCUT2D eigenvalue weighted by molar-refractivity contribution is 5.96. The van der Waals surface area contributed by atoms with E-state index in [4.69, 9.17) is 10.8 Å². The highest BCUT2D eigenvalue weighted by Crippen LogP contribution is 2.22. The summed E-state index contributed by atoms with van der Waals surface area (Å²) < 4.78 is 0. The molecule has 3 aromatic heterocycles. The first-order chi connectivity index (χ1) is 25.1. The minimum atomic E-state index is -1.33. The average Bonchev–Trinajstić information content (AvgIpc) is 3.87. The first-order valence-electron chi connectivity index (χ1n) is 16.8. The largest absolute Gasteiger partial charge is 0.481 e. The molecule has 52 heavy (non-hydrogen) atoms. The van der Waals surface area contributed by atoms with E-state index in [1.807, 2.05) is 72.8 Å². The molecule has 268 valence electrons. The van der Waals surface area contributed by atoms with Gasteiger partial charge in [0.1, 0.15) is 18.1 Å². The Balaban J connectivity index is 1.28. The second-order valence-electron chi connectivity index (χ2n) is 12.8. The molecule has 0 saturated carbocycles. The van der Waals surface area contributed by atoms with Gasteiger partial charge in [0.05, 0.1) is 6.04 Å². The predicted octanol–water partition coefficient (Wildman–Crippen LogP) is 2.89. The van der Waals surface area contributed by atoms with Gasteiger partial charge in [-0.1, -0.05) is 54.6 Å². The summed E-state index contributed by atoms with van der Waals surface area (Å²) in [6.07, 6.45) is 4.64. The number of aliphatic carboxylic acids is 2. The quantitative estimate of drug-likeness (QED) is 0.0724. The van der Waals surface area contributed by atoms with Gasteiger partial charge in [-0.25, -0.2) is 4.79 Å². The fourth-order valence-electron chi connectivity index (χ4n) is 6.41. The molecule has 6 rings (SSSR count). The lowest BCUT2D eigenvalue weighted by molar-refractivity contribution is -0.142. The number of hydrogen-bond acceptors (Lipinski definition) is 6. The molecule has 0 spiro atoms. The molecule has 3 amide bonds. The summed E-state index contributed by atoms with van der Waals surface area (Å²) in [5.74, 6) is -4.56. The molecule has 0 fully saturated rings. The molecule has 10 N–H and O–H groups in total. The Bertz CT molecular complexity index is 2250. The van der Waals surface area contributed by atoms with Gasteiger partial charge in [0.15, 0.2) is 0 Å². The lowest BCUT2D eigenvalue weighted by Gasteiger charge is -2.25. The molecule has 0 aliphatic carbocycles. The monoisotopic (exact) mass is 705 g/mol. The van der Waals surface area contributed by atoms with Crippen molar-refractivity contribution in [3.63, 3.8) is 0 Å². The number of carboxylic acids is 2. The number of carbonyl (C=O) groups is 5. The molecule has 14 heteroatoms. The smallest absolute Gasteiger partial charge is 0.326 e. The topological polar surface area (TPSA) is 235 Å². The van der Waals surface area contributed by atoms with Gasteiger partial charge in [-0.3, -0.25) is 19.2 Å². The summed E-state index contributed by atoms with van der Waals surface area (Å²) in [5.41, 5.74) is 10.6. The molecule has 4 atom stereocenters. The van der Waals surface area contributed by atoms with Crippen molar-refractivity contribution in [2.75, 3.05) is 0 Å². The van der Waals surface area contributed by atoms with Crippen LogP contribution in [-0.4, -0.2) is 79.0 Å². The van der Waals surface area contributed by atoms with E-state index >= 15 is 0 Å². The van der Waals surface area contributed by atoms with Gasteiger partial charge in [-0.15, -0.1) is 0 Å². The Morgan fingerprint density at radius 3 is 1.33 bits per heavy atom. The lowest BCUT2D eigenvalue weighted by atomic mass is 10.00. The molecular weight excluding hydrogens is 666 g/mol. The number of fused-ring (bicyclic) bond motifs is 3. The number of carbonyl (C=O) groups excluding carboxylic acids is 3. The van der Waals surface area contributed by atoms with Crippen molar-refractivity contribution in [2.24, 2.45) is 5.73 Å². The van der Waals surface area contributed by atoms with Crippen molar-refractivity contribution >= 4 is 62.4 Å². The normalized spacial score (nSPS) is 13.7. The third-order valence-electron chi connectivity index (χ3n) is 9.18. The third kappa shape index (κ3) is 8.13. The second kappa shape index (κ2) is 15.6. The molecule has 0 aliphatic heterocycles. The predicted molar refractivity (Wildman–Crippen MR) is 194 cm³/mol. The van der Waals surface area contributed by atoms with Crippen LogP contribution in [0.1, 0.15) is 29.5 Å². The van der Waals surface area contributed by atoms with Gasteiger partial charge in [0.25, 0.3) is 0 Å². The molecule has 0 aliphatic rings. The summed E-state index contributed by atoms with van der Waals surface area (Å²) in [7, 11) is 0. The molecule has 0 radical (unpaired) electrons. The van der Waals surface area contributed by atoms with Crippen LogP contribution in [0.4, 0.5) is 0 Å². The molecule has 0 unspecified atom stereocenters. The molecule has 14 nitrogen and oxygen atoms in total. The number of rotatable bonds is 16. The zero-order valence-electron chi connectivity index (χ0n) is 28.0. The first-order valence-corrected chi connectivity index (χ1v) is 16.8. The number of carboxylic acid groups (broad SMARTS) is 2. The van der Waals surface area contributed by atoms with Crippen LogP contribution in [0.3, 0.4) is 0 Å². The van der Waals surface area contributed by atoms with Crippen LogP contribution in [0, 0.1) is 0 Å². The number of amides is 3. The first kappa shape index (κ1) is 35.4. The Kier molecular flexibility index (Phi) is 10.7. The summed E-state index contributed by atoms with van der Waals surface area (Å²) in [4.78, 5) is 74.5. The summed E-state index contributed by atoms with van der Waals surface area (Å²) in [6.45, 7) is 0. The van der Waals surface area contributed by atoms with Crippen molar-refractivity contribution in [2.45, 2.75) is 56.3 Å². The molecule has 3 aromatic carbocycles. The van der Waals surface area contributed by atoms with E-state index in [0.717, 1.165) is 32.7 Å². The highest BCUT2D eigenvalue weighted by atomic mass is 16.4. The summed E-state index contributed by atoms with van der Waals surface area (Å²) in [5, 5.41) is 29.8. The number of benzene rings is 3. The third-order valence-corrected chi connectivity index (χ3v) is 9.18. The van der Waals surface area contributed by atoms with Crippen LogP contribution in [0.5, 0.6) is 0 Å². The van der Waals surface area contributed by atoms with Crippen molar-refractivity contribution in [1.82, 2.24) is 30.9 Å². The standard InChI is InChI=1S/C38H39N7O7/c39-27(13-14-34(46)47)35(48)43-31(15-21-18-40-28-10-4-1-7-24(21)28)36(49)44-32(16-22-19-41-29-11-5-2-8-25(22)29)37(50)45-33(38(51)52)17-23-20-42-30-12-6-3-9-26(23)30/h1-12,18-20,27,31-33,40-42H,13-17,39H2,(H,43,48)(H,44,49)(H,45,50)(H,46,47)(H,51,52)/t27-,31-,32-,33-/m0/s1. The van der Waals surface area contributed by atoms with E-state index < -0.39 is 53.8 Å². The maximum Gasteiger partial charge on any atom is 0.326 e. The molecular formula is C38H39N7O7. The molecule has 0 bridgehead atoms. The van der Waals surface area contributed by atoms with E-state index in [-0.39, 0.29) is 32.1 Å². The number of aromatic nitrogens is 3. The van der Waals surface area contributed by atoms with Gasteiger partial charge in [0, 0.05) is 77.0 Å². The number of aromatic amines is 3. The minimum absolute atomic E-state index is 0.00692. The van der Waals surface area contributed by atoms with Gasteiger partial charge in [-0.2, -0.15) is 0 Å². The SMILES string of the molecule is N[C@@H](CCC(=O)O)C(=O)N[C@@H](Cc1c[nH]c2ccccc12)C(=O)N[C@@H](Cc1c[nH]c2ccccc12)C(=O)N[C@@H](Cc1c[nH]c2ccccc12)C(=O)O. The maximum absolute atomic E-state index is 14.2. The molecule has 0 saturated heterocycles. The van der Waals surface area contributed by atoms with E-state index in [9.17, 15) is 29.1 Å². The van der Waals surface area contributed by atoms with Crippen LogP contribution in [0.2, 0.25) is 0 Å². The second-order valence-corrected chi connectivity index (χ2v) is 12.8. The number of H-pyrrole nitrogens is 3. The number of nitrogens with two attached hydrogens (primary N) is 1. The summed E-state index contributed by atoms with van der Waals surface area (Å²) >= 11 is 0. The van der Waals surface area contributed by atoms with Gasteiger partial charge >= 0.3 is 11.9 Å². The van der Waals surface area contributed by atoms with Crippen molar-refractivity contribution < 1.29 is 34.2 Å². The van der Waals surface area contributed by atoms with Gasteiger partial charge < -0.3 is 46.8 Å².